The zero-order valence-corrected chi connectivity index (χ0v) is 10.8. The first-order valence-corrected chi connectivity index (χ1v) is 5.69. The quantitative estimate of drug-likeness (QED) is 0.698. The number of ether oxygens (including phenoxy) is 1. The number of rotatable bonds is 2. The minimum atomic E-state index is -0.953. The lowest BCUT2D eigenvalue weighted by Gasteiger charge is -2.51. The maximum atomic E-state index is 11.7. The normalized spacial score (nSPS) is 30.8. The summed E-state index contributed by atoms with van der Waals surface area (Å²) < 4.78 is 5.27. The first kappa shape index (κ1) is 13.5. The zero-order valence-electron chi connectivity index (χ0n) is 10.8. The molecule has 1 saturated carbocycles. The van der Waals surface area contributed by atoms with Gasteiger partial charge in [-0.05, 0) is 47.5 Å². The van der Waals surface area contributed by atoms with Gasteiger partial charge in [0.25, 0.3) is 0 Å². The highest BCUT2D eigenvalue weighted by Crippen LogP contribution is 2.43. The molecule has 94 valence electrons. The number of hydrogen-bond donors (Lipinski definition) is 2. The Morgan fingerprint density at radius 1 is 1.31 bits per heavy atom. The second kappa shape index (κ2) is 3.70. The predicted molar refractivity (Wildman–Crippen MR) is 61.8 cm³/mol. The Morgan fingerprint density at radius 2 is 1.75 bits per heavy atom. The molecule has 0 aromatic heterocycles. The van der Waals surface area contributed by atoms with Gasteiger partial charge >= 0.3 is 5.97 Å². The lowest BCUT2D eigenvalue weighted by atomic mass is 9.61. The number of carbonyl (C=O) groups is 1. The highest BCUT2D eigenvalue weighted by atomic mass is 16.6. The van der Waals surface area contributed by atoms with E-state index in [4.69, 9.17) is 10.5 Å². The van der Waals surface area contributed by atoms with Crippen molar-refractivity contribution in [2.45, 2.75) is 64.2 Å². The summed E-state index contributed by atoms with van der Waals surface area (Å²) in [6, 6.07) is 0. The summed E-state index contributed by atoms with van der Waals surface area (Å²) in [6.07, 6.45) is 0.983. The molecular formula is C12H23NO3. The van der Waals surface area contributed by atoms with Crippen LogP contribution in [0.25, 0.3) is 0 Å². The second-order valence-electron chi connectivity index (χ2n) is 6.35. The van der Waals surface area contributed by atoms with Crippen molar-refractivity contribution < 1.29 is 14.6 Å². The van der Waals surface area contributed by atoms with Crippen molar-refractivity contribution in [3.63, 3.8) is 0 Å². The van der Waals surface area contributed by atoms with E-state index in [9.17, 15) is 9.90 Å². The smallest absolute Gasteiger partial charge is 0.309 e. The Morgan fingerprint density at radius 3 is 2.06 bits per heavy atom. The summed E-state index contributed by atoms with van der Waals surface area (Å²) in [6.45, 7) is 8.89. The first-order chi connectivity index (χ1) is 6.95. The van der Waals surface area contributed by atoms with Crippen LogP contribution in [0.15, 0.2) is 0 Å². The van der Waals surface area contributed by atoms with Gasteiger partial charge in [0.15, 0.2) is 0 Å². The maximum absolute atomic E-state index is 11.7. The van der Waals surface area contributed by atoms with Crippen LogP contribution >= 0.6 is 0 Å². The van der Waals surface area contributed by atoms with E-state index in [1.54, 1.807) is 13.8 Å². The summed E-state index contributed by atoms with van der Waals surface area (Å²) in [5.74, 6) is -0.381. The fourth-order valence-corrected chi connectivity index (χ4v) is 1.87. The average Bonchev–Trinajstić information content (AvgIpc) is 1.92. The van der Waals surface area contributed by atoms with Gasteiger partial charge in [-0.3, -0.25) is 4.79 Å². The van der Waals surface area contributed by atoms with E-state index >= 15 is 0 Å². The van der Waals surface area contributed by atoms with Crippen LogP contribution < -0.4 is 5.73 Å². The molecular weight excluding hydrogens is 206 g/mol. The molecule has 0 heterocycles. The Labute approximate surface area is 97.2 Å². The highest BCUT2D eigenvalue weighted by molar-refractivity contribution is 5.74. The number of aliphatic hydroxyl groups is 1. The first-order valence-electron chi connectivity index (χ1n) is 5.69. The molecule has 16 heavy (non-hydrogen) atoms. The van der Waals surface area contributed by atoms with Crippen LogP contribution in [0.4, 0.5) is 0 Å². The molecule has 0 atom stereocenters. The SMILES string of the molecule is CC(C)(C)OC(=O)C1CC(N)(C(C)(C)O)C1. The van der Waals surface area contributed by atoms with Crippen molar-refractivity contribution in [1.29, 1.82) is 0 Å². The van der Waals surface area contributed by atoms with E-state index in [1.165, 1.54) is 0 Å². The maximum Gasteiger partial charge on any atom is 0.309 e. The molecule has 0 saturated heterocycles. The summed E-state index contributed by atoms with van der Waals surface area (Å²) in [7, 11) is 0. The third-order valence-corrected chi connectivity index (χ3v) is 3.18. The van der Waals surface area contributed by atoms with Crippen molar-refractivity contribution in [3.05, 3.63) is 0 Å². The number of hydrogen-bond acceptors (Lipinski definition) is 4. The Bertz CT molecular complexity index is 280. The Kier molecular flexibility index (Phi) is 3.12. The minimum Gasteiger partial charge on any atom is -0.460 e. The van der Waals surface area contributed by atoms with Crippen molar-refractivity contribution in [2.75, 3.05) is 0 Å². The fourth-order valence-electron chi connectivity index (χ4n) is 1.87. The van der Waals surface area contributed by atoms with E-state index in [0.717, 1.165) is 0 Å². The summed E-state index contributed by atoms with van der Waals surface area (Å²) >= 11 is 0. The minimum absolute atomic E-state index is 0.171. The van der Waals surface area contributed by atoms with Crippen LogP contribution in [0.3, 0.4) is 0 Å². The molecule has 0 amide bonds. The molecule has 0 aromatic carbocycles. The second-order valence-corrected chi connectivity index (χ2v) is 6.35. The van der Waals surface area contributed by atoms with Gasteiger partial charge in [-0.25, -0.2) is 0 Å². The number of nitrogens with two attached hydrogens (primary N) is 1. The molecule has 0 spiro atoms. The fraction of sp³-hybridized carbons (Fsp3) is 0.917. The van der Waals surface area contributed by atoms with Crippen molar-refractivity contribution in [2.24, 2.45) is 11.7 Å². The molecule has 4 nitrogen and oxygen atoms in total. The van der Waals surface area contributed by atoms with Crippen molar-refractivity contribution in [3.8, 4) is 0 Å². The standard InChI is InChI=1S/C12H23NO3/c1-10(2,3)16-9(14)8-6-12(13,7-8)11(4,5)15/h8,15H,6-7,13H2,1-5H3. The van der Waals surface area contributed by atoms with E-state index in [2.05, 4.69) is 0 Å². The highest BCUT2D eigenvalue weighted by Gasteiger charge is 2.53. The van der Waals surface area contributed by atoms with Gasteiger partial charge in [0.2, 0.25) is 0 Å². The molecule has 3 N–H and O–H groups in total. The number of carbonyl (C=O) groups excluding carboxylic acids is 1. The van der Waals surface area contributed by atoms with Gasteiger partial charge in [-0.1, -0.05) is 0 Å². The molecule has 1 aliphatic rings. The molecule has 0 unspecified atom stereocenters. The van der Waals surface area contributed by atoms with Gasteiger partial charge in [0, 0.05) is 5.54 Å². The third-order valence-electron chi connectivity index (χ3n) is 3.18. The van der Waals surface area contributed by atoms with Crippen LogP contribution in [-0.4, -0.2) is 27.8 Å². The summed E-state index contributed by atoms with van der Waals surface area (Å²) in [5, 5.41) is 9.85. The topological polar surface area (TPSA) is 72.5 Å². The Hall–Kier alpha value is -0.610. The van der Waals surface area contributed by atoms with Gasteiger partial charge in [0.05, 0.1) is 11.5 Å². The van der Waals surface area contributed by atoms with Crippen molar-refractivity contribution in [1.82, 2.24) is 0 Å². The van der Waals surface area contributed by atoms with Crippen LogP contribution in [0.1, 0.15) is 47.5 Å². The molecule has 0 radical (unpaired) electrons. The van der Waals surface area contributed by atoms with Gasteiger partial charge < -0.3 is 15.6 Å². The summed E-state index contributed by atoms with van der Waals surface area (Å²) in [5.41, 5.74) is 3.94. The summed E-state index contributed by atoms with van der Waals surface area (Å²) in [4.78, 5) is 11.7. The van der Waals surface area contributed by atoms with Gasteiger partial charge in [-0.15, -0.1) is 0 Å². The van der Waals surface area contributed by atoms with Crippen LogP contribution in [0, 0.1) is 5.92 Å². The van der Waals surface area contributed by atoms with Gasteiger partial charge in [-0.2, -0.15) is 0 Å². The van der Waals surface area contributed by atoms with E-state index < -0.39 is 16.7 Å². The molecule has 0 bridgehead atoms. The molecule has 0 aliphatic heterocycles. The lowest BCUT2D eigenvalue weighted by Crippen LogP contribution is -2.66. The monoisotopic (exact) mass is 229 g/mol. The van der Waals surface area contributed by atoms with Gasteiger partial charge in [0.1, 0.15) is 5.60 Å². The molecule has 1 aliphatic carbocycles. The van der Waals surface area contributed by atoms with E-state index in [0.29, 0.717) is 12.8 Å². The molecule has 1 rings (SSSR count). The lowest BCUT2D eigenvalue weighted by molar-refractivity contribution is -0.170. The molecule has 0 aromatic rings. The van der Waals surface area contributed by atoms with Crippen LogP contribution in [-0.2, 0) is 9.53 Å². The molecule has 1 fully saturated rings. The van der Waals surface area contributed by atoms with E-state index in [1.807, 2.05) is 20.8 Å². The largest absolute Gasteiger partial charge is 0.460 e. The van der Waals surface area contributed by atoms with Crippen molar-refractivity contribution >= 4 is 5.97 Å². The zero-order chi connectivity index (χ0) is 12.8. The van der Waals surface area contributed by atoms with E-state index in [-0.39, 0.29) is 11.9 Å². The molecule has 4 heteroatoms. The number of esters is 1. The predicted octanol–water partition coefficient (Wildman–Crippen LogP) is 1.21. The third kappa shape index (κ3) is 2.74. The Balaban J connectivity index is 2.51. The van der Waals surface area contributed by atoms with Crippen LogP contribution in [0.5, 0.6) is 0 Å². The van der Waals surface area contributed by atoms with Crippen LogP contribution in [0.2, 0.25) is 0 Å². The average molecular weight is 229 g/mol.